The number of aromatic nitrogens is 2. The first-order valence-corrected chi connectivity index (χ1v) is 5.02. The highest BCUT2D eigenvalue weighted by Gasteiger charge is 2.03. The van der Waals surface area contributed by atoms with Crippen molar-refractivity contribution in [3.05, 3.63) is 35.7 Å². The van der Waals surface area contributed by atoms with E-state index in [2.05, 4.69) is 15.3 Å². The van der Waals surface area contributed by atoms with Crippen molar-refractivity contribution in [1.82, 2.24) is 9.97 Å². The van der Waals surface area contributed by atoms with Gasteiger partial charge in [0.05, 0.1) is 18.4 Å². The largest absolute Gasteiger partial charge is 0.444 e. The van der Waals surface area contributed by atoms with Crippen molar-refractivity contribution in [2.24, 2.45) is 0 Å². The predicted octanol–water partition coefficient (Wildman–Crippen LogP) is 1.88. The maximum absolute atomic E-state index is 5.81. The first-order valence-electron chi connectivity index (χ1n) is 5.02. The Labute approximate surface area is 93.7 Å². The number of oxazole rings is 1. The van der Waals surface area contributed by atoms with Crippen LogP contribution in [0.25, 0.3) is 0 Å². The van der Waals surface area contributed by atoms with E-state index in [0.717, 1.165) is 11.3 Å². The van der Waals surface area contributed by atoms with Gasteiger partial charge in [0.2, 0.25) is 5.89 Å². The second-order valence-corrected chi connectivity index (χ2v) is 3.67. The Morgan fingerprint density at radius 3 is 2.75 bits per heavy atom. The number of aryl methyl sites for hydroxylation is 2. The van der Waals surface area contributed by atoms with E-state index < -0.39 is 0 Å². The standard InChI is InChI=1S/C11H14N4O/c1-7-3-9(12)11(14-4-7)15-6-10-13-5-8(2)16-10/h3-5H,6,12H2,1-2H3,(H,14,15). The Morgan fingerprint density at radius 2 is 2.12 bits per heavy atom. The summed E-state index contributed by atoms with van der Waals surface area (Å²) in [6, 6.07) is 1.87. The van der Waals surface area contributed by atoms with E-state index in [4.69, 9.17) is 10.2 Å². The average molecular weight is 218 g/mol. The van der Waals surface area contributed by atoms with Gasteiger partial charge in [-0.15, -0.1) is 0 Å². The fourth-order valence-electron chi connectivity index (χ4n) is 1.38. The third kappa shape index (κ3) is 2.31. The molecule has 2 aromatic heterocycles. The molecule has 0 fully saturated rings. The molecule has 0 amide bonds. The summed E-state index contributed by atoms with van der Waals surface area (Å²) < 4.78 is 5.33. The lowest BCUT2D eigenvalue weighted by Crippen LogP contribution is -2.04. The fourth-order valence-corrected chi connectivity index (χ4v) is 1.38. The van der Waals surface area contributed by atoms with E-state index in [9.17, 15) is 0 Å². The SMILES string of the molecule is Cc1cnc(NCc2ncc(C)o2)c(N)c1. The van der Waals surface area contributed by atoms with Gasteiger partial charge in [-0.25, -0.2) is 9.97 Å². The summed E-state index contributed by atoms with van der Waals surface area (Å²) in [6.07, 6.45) is 3.45. The molecule has 0 bridgehead atoms. The molecule has 2 rings (SSSR count). The van der Waals surface area contributed by atoms with Crippen molar-refractivity contribution >= 4 is 11.5 Å². The summed E-state index contributed by atoms with van der Waals surface area (Å²) in [5.74, 6) is 2.07. The normalized spacial score (nSPS) is 10.4. The lowest BCUT2D eigenvalue weighted by Gasteiger charge is -2.06. The van der Waals surface area contributed by atoms with E-state index in [-0.39, 0.29) is 0 Å². The number of nitrogen functional groups attached to an aromatic ring is 1. The van der Waals surface area contributed by atoms with Crippen molar-refractivity contribution in [3.8, 4) is 0 Å². The molecule has 0 saturated heterocycles. The van der Waals surface area contributed by atoms with Crippen LogP contribution in [0.3, 0.4) is 0 Å². The lowest BCUT2D eigenvalue weighted by molar-refractivity contribution is 0.479. The lowest BCUT2D eigenvalue weighted by atomic mass is 10.3. The molecule has 84 valence electrons. The molecule has 0 aliphatic heterocycles. The van der Waals surface area contributed by atoms with Crippen LogP contribution in [0.1, 0.15) is 17.2 Å². The summed E-state index contributed by atoms with van der Waals surface area (Å²) in [5.41, 5.74) is 7.48. The second-order valence-electron chi connectivity index (χ2n) is 3.67. The molecule has 2 heterocycles. The summed E-state index contributed by atoms with van der Waals surface area (Å²) in [4.78, 5) is 8.27. The van der Waals surface area contributed by atoms with E-state index in [1.807, 2.05) is 19.9 Å². The Balaban J connectivity index is 2.04. The number of pyridine rings is 1. The minimum absolute atomic E-state index is 0.480. The molecule has 0 spiro atoms. The Bertz CT molecular complexity index is 492. The van der Waals surface area contributed by atoms with Crippen LogP contribution >= 0.6 is 0 Å². The van der Waals surface area contributed by atoms with E-state index >= 15 is 0 Å². The summed E-state index contributed by atoms with van der Waals surface area (Å²) in [6.45, 7) is 4.29. The number of anilines is 2. The Hall–Kier alpha value is -2.04. The van der Waals surface area contributed by atoms with E-state index in [1.165, 1.54) is 0 Å². The van der Waals surface area contributed by atoms with Gasteiger partial charge in [-0.05, 0) is 25.5 Å². The fraction of sp³-hybridized carbons (Fsp3) is 0.273. The monoisotopic (exact) mass is 218 g/mol. The molecule has 0 atom stereocenters. The van der Waals surface area contributed by atoms with Crippen LogP contribution in [0.15, 0.2) is 22.9 Å². The zero-order valence-electron chi connectivity index (χ0n) is 9.32. The van der Waals surface area contributed by atoms with Crippen molar-refractivity contribution < 1.29 is 4.42 Å². The summed E-state index contributed by atoms with van der Waals surface area (Å²) in [5, 5.41) is 3.08. The van der Waals surface area contributed by atoms with Gasteiger partial charge in [0, 0.05) is 6.20 Å². The topological polar surface area (TPSA) is 77.0 Å². The summed E-state index contributed by atoms with van der Waals surface area (Å²) >= 11 is 0. The van der Waals surface area contributed by atoms with Crippen LogP contribution in [0, 0.1) is 13.8 Å². The molecule has 0 aliphatic rings. The second kappa shape index (κ2) is 4.22. The smallest absolute Gasteiger partial charge is 0.213 e. The van der Waals surface area contributed by atoms with Crippen LogP contribution in [-0.2, 0) is 6.54 Å². The molecule has 0 aromatic carbocycles. The predicted molar refractivity (Wildman–Crippen MR) is 62.0 cm³/mol. The van der Waals surface area contributed by atoms with Crippen molar-refractivity contribution in [3.63, 3.8) is 0 Å². The van der Waals surface area contributed by atoms with Crippen LogP contribution in [-0.4, -0.2) is 9.97 Å². The minimum atomic E-state index is 0.480. The maximum Gasteiger partial charge on any atom is 0.213 e. The molecule has 0 aliphatic carbocycles. The number of hydrogen-bond donors (Lipinski definition) is 2. The highest BCUT2D eigenvalue weighted by Crippen LogP contribution is 2.16. The quantitative estimate of drug-likeness (QED) is 0.822. The van der Waals surface area contributed by atoms with Gasteiger partial charge in [-0.3, -0.25) is 0 Å². The molecular formula is C11H14N4O. The van der Waals surface area contributed by atoms with Crippen LogP contribution in [0.2, 0.25) is 0 Å². The molecule has 5 nitrogen and oxygen atoms in total. The third-order valence-electron chi connectivity index (χ3n) is 2.13. The van der Waals surface area contributed by atoms with Crippen molar-refractivity contribution in [2.45, 2.75) is 20.4 Å². The number of hydrogen-bond acceptors (Lipinski definition) is 5. The molecule has 0 radical (unpaired) electrons. The Kier molecular flexibility index (Phi) is 2.76. The van der Waals surface area contributed by atoms with Gasteiger partial charge in [-0.1, -0.05) is 0 Å². The van der Waals surface area contributed by atoms with E-state index in [1.54, 1.807) is 12.4 Å². The summed E-state index contributed by atoms with van der Waals surface area (Å²) in [7, 11) is 0. The molecule has 0 saturated carbocycles. The van der Waals surface area contributed by atoms with Gasteiger partial charge in [-0.2, -0.15) is 0 Å². The molecule has 16 heavy (non-hydrogen) atoms. The number of rotatable bonds is 3. The molecule has 0 unspecified atom stereocenters. The number of nitrogens with two attached hydrogens (primary N) is 1. The average Bonchev–Trinajstić information content (AvgIpc) is 2.63. The van der Waals surface area contributed by atoms with Crippen molar-refractivity contribution in [1.29, 1.82) is 0 Å². The number of nitrogens with one attached hydrogen (secondary N) is 1. The minimum Gasteiger partial charge on any atom is -0.444 e. The molecular weight excluding hydrogens is 204 g/mol. The number of nitrogens with zero attached hydrogens (tertiary/aromatic N) is 2. The molecule has 5 heteroatoms. The van der Waals surface area contributed by atoms with Crippen LogP contribution < -0.4 is 11.1 Å². The van der Waals surface area contributed by atoms with Gasteiger partial charge in [0.1, 0.15) is 11.6 Å². The van der Waals surface area contributed by atoms with E-state index in [0.29, 0.717) is 23.9 Å². The molecule has 3 N–H and O–H groups in total. The van der Waals surface area contributed by atoms with Gasteiger partial charge < -0.3 is 15.5 Å². The zero-order valence-corrected chi connectivity index (χ0v) is 9.32. The van der Waals surface area contributed by atoms with Crippen LogP contribution in [0.5, 0.6) is 0 Å². The van der Waals surface area contributed by atoms with Crippen LogP contribution in [0.4, 0.5) is 11.5 Å². The van der Waals surface area contributed by atoms with Gasteiger partial charge >= 0.3 is 0 Å². The van der Waals surface area contributed by atoms with Gasteiger partial charge in [0.25, 0.3) is 0 Å². The van der Waals surface area contributed by atoms with Gasteiger partial charge in [0.15, 0.2) is 0 Å². The highest BCUT2D eigenvalue weighted by molar-refractivity contribution is 5.61. The first-order chi connectivity index (χ1) is 7.65. The zero-order chi connectivity index (χ0) is 11.5. The Morgan fingerprint density at radius 1 is 1.31 bits per heavy atom. The highest BCUT2D eigenvalue weighted by atomic mass is 16.4. The van der Waals surface area contributed by atoms with Crippen molar-refractivity contribution in [2.75, 3.05) is 11.1 Å². The third-order valence-corrected chi connectivity index (χ3v) is 2.13. The molecule has 2 aromatic rings. The maximum atomic E-state index is 5.81. The first kappa shape index (κ1) is 10.5.